The molecule has 0 heterocycles. The van der Waals surface area contributed by atoms with Gasteiger partial charge >= 0.3 is 5.97 Å². The first-order valence-electron chi connectivity index (χ1n) is 5.56. The number of carbonyl (C=O) groups excluding carboxylic acids is 1. The normalized spacial score (nSPS) is 11.7. The summed E-state index contributed by atoms with van der Waals surface area (Å²) in [5.74, 6) is -0.688. The van der Waals surface area contributed by atoms with Gasteiger partial charge in [-0.1, -0.05) is 6.92 Å². The molecule has 0 aliphatic carbocycles. The number of rotatable bonds is 4. The molecule has 0 saturated carbocycles. The van der Waals surface area contributed by atoms with E-state index in [1.54, 1.807) is 7.05 Å². The Morgan fingerprint density at radius 1 is 1.39 bits per heavy atom. The molecule has 98 valence electrons. The Morgan fingerprint density at radius 2 is 2.06 bits per heavy atom. The molecule has 0 aliphatic rings. The Morgan fingerprint density at radius 3 is 2.56 bits per heavy atom. The van der Waals surface area contributed by atoms with Crippen LogP contribution in [0.1, 0.15) is 18.9 Å². The zero-order chi connectivity index (χ0) is 13.7. The van der Waals surface area contributed by atoms with Crippen molar-refractivity contribution in [1.82, 2.24) is 5.32 Å². The number of phenolic OH excluding ortho intramolecular Hbond substituents is 2. The van der Waals surface area contributed by atoms with E-state index in [-0.39, 0.29) is 22.6 Å². The molecule has 1 rings (SSSR count). The molecule has 1 aromatic rings. The highest BCUT2D eigenvalue weighted by Gasteiger charge is 2.20. The van der Waals surface area contributed by atoms with E-state index < -0.39 is 5.97 Å². The summed E-state index contributed by atoms with van der Waals surface area (Å²) in [6.07, 6.45) is 0.566. The average molecular weight is 251 g/mol. The Kier molecular flexibility index (Phi) is 4.59. The summed E-state index contributed by atoms with van der Waals surface area (Å²) in [6.45, 7) is 1.87. The van der Waals surface area contributed by atoms with Crippen LogP contribution in [0.2, 0.25) is 0 Å². The number of allylic oxidation sites excluding steroid dienone is 1. The van der Waals surface area contributed by atoms with Gasteiger partial charge in [-0.05, 0) is 24.6 Å². The zero-order valence-corrected chi connectivity index (χ0v) is 10.7. The lowest BCUT2D eigenvalue weighted by molar-refractivity contribution is -0.133. The van der Waals surface area contributed by atoms with Crippen molar-refractivity contribution >= 4 is 11.5 Å². The lowest BCUT2D eigenvalue weighted by Crippen LogP contribution is -2.14. The topological polar surface area (TPSA) is 78.8 Å². The smallest absolute Gasteiger partial charge is 0.340 e. The summed E-state index contributed by atoms with van der Waals surface area (Å²) in [4.78, 5) is 11.8. The van der Waals surface area contributed by atoms with Gasteiger partial charge in [0.15, 0.2) is 0 Å². The third kappa shape index (κ3) is 2.74. The third-order valence-electron chi connectivity index (χ3n) is 2.60. The highest BCUT2D eigenvalue weighted by atomic mass is 16.5. The van der Waals surface area contributed by atoms with Crippen molar-refractivity contribution in [2.45, 2.75) is 13.3 Å². The van der Waals surface area contributed by atoms with Gasteiger partial charge in [0, 0.05) is 18.3 Å². The second-order valence-electron chi connectivity index (χ2n) is 3.65. The highest BCUT2D eigenvalue weighted by Crippen LogP contribution is 2.31. The van der Waals surface area contributed by atoms with Crippen LogP contribution >= 0.6 is 0 Å². The van der Waals surface area contributed by atoms with Crippen LogP contribution < -0.4 is 5.32 Å². The number of hydrogen-bond donors (Lipinski definition) is 3. The molecule has 5 nitrogen and oxygen atoms in total. The summed E-state index contributed by atoms with van der Waals surface area (Å²) in [6, 6.07) is 4.00. The van der Waals surface area contributed by atoms with Crippen LogP contribution in [0.5, 0.6) is 11.5 Å². The number of esters is 1. The minimum atomic E-state index is -0.567. The minimum absolute atomic E-state index is 0.0317. The van der Waals surface area contributed by atoms with Crippen molar-refractivity contribution in [3.8, 4) is 11.5 Å². The molecule has 18 heavy (non-hydrogen) atoms. The van der Waals surface area contributed by atoms with Crippen LogP contribution in [-0.4, -0.2) is 30.3 Å². The van der Waals surface area contributed by atoms with Crippen LogP contribution in [-0.2, 0) is 9.53 Å². The number of aromatic hydroxyl groups is 2. The number of phenols is 2. The second kappa shape index (κ2) is 5.95. The number of hydrogen-bond acceptors (Lipinski definition) is 5. The molecular weight excluding hydrogens is 234 g/mol. The molecule has 1 aromatic carbocycles. The molecular formula is C13H17NO4. The average Bonchev–Trinajstić information content (AvgIpc) is 2.38. The van der Waals surface area contributed by atoms with Gasteiger partial charge in [-0.2, -0.15) is 0 Å². The molecule has 0 aromatic heterocycles. The first-order valence-corrected chi connectivity index (χ1v) is 5.56. The number of benzene rings is 1. The van der Waals surface area contributed by atoms with Crippen LogP contribution in [0, 0.1) is 0 Å². The molecule has 0 atom stereocenters. The summed E-state index contributed by atoms with van der Waals surface area (Å²) in [7, 11) is 2.95. The van der Waals surface area contributed by atoms with E-state index >= 15 is 0 Å². The van der Waals surface area contributed by atoms with Crippen molar-refractivity contribution in [3.63, 3.8) is 0 Å². The molecule has 0 saturated heterocycles. The first-order chi connectivity index (χ1) is 8.54. The molecule has 5 heteroatoms. The second-order valence-corrected chi connectivity index (χ2v) is 3.65. The molecule has 0 spiro atoms. The number of ether oxygens (including phenoxy) is 1. The van der Waals surface area contributed by atoms with Gasteiger partial charge in [0.05, 0.1) is 12.7 Å². The van der Waals surface area contributed by atoms with E-state index in [0.717, 1.165) is 0 Å². The Labute approximate surface area is 106 Å². The predicted molar refractivity (Wildman–Crippen MR) is 68.1 cm³/mol. The van der Waals surface area contributed by atoms with Gasteiger partial charge in [0.25, 0.3) is 0 Å². The summed E-state index contributed by atoms with van der Waals surface area (Å²) in [5.41, 5.74) is 1.09. The van der Waals surface area contributed by atoms with E-state index in [1.807, 2.05) is 6.92 Å². The first kappa shape index (κ1) is 13.9. The summed E-state index contributed by atoms with van der Waals surface area (Å²) < 4.78 is 4.72. The van der Waals surface area contributed by atoms with Crippen molar-refractivity contribution in [2.75, 3.05) is 14.2 Å². The van der Waals surface area contributed by atoms with E-state index in [1.165, 1.54) is 25.3 Å². The lowest BCUT2D eigenvalue weighted by atomic mass is 10.0. The maximum Gasteiger partial charge on any atom is 0.340 e. The van der Waals surface area contributed by atoms with Gasteiger partial charge in [-0.3, -0.25) is 0 Å². The predicted octanol–water partition coefficient (Wildman–Crippen LogP) is 1.61. The molecule has 0 radical (unpaired) electrons. The van der Waals surface area contributed by atoms with Crippen molar-refractivity contribution in [2.24, 2.45) is 0 Å². The maximum absolute atomic E-state index is 11.8. The molecule has 3 N–H and O–H groups in total. The van der Waals surface area contributed by atoms with Crippen LogP contribution in [0.3, 0.4) is 0 Å². The van der Waals surface area contributed by atoms with Crippen LogP contribution in [0.15, 0.2) is 23.9 Å². The monoisotopic (exact) mass is 251 g/mol. The highest BCUT2D eigenvalue weighted by molar-refractivity contribution is 6.18. The van der Waals surface area contributed by atoms with Gasteiger partial charge in [0.2, 0.25) is 0 Å². The van der Waals surface area contributed by atoms with E-state index in [4.69, 9.17) is 4.74 Å². The standard InChI is InChI=1S/C13H17NO4/c1-4-10(14-2)12(13(17)18-3)9-7-8(15)5-6-11(9)16/h5-7,14-16H,4H2,1-3H3/b12-10-. The van der Waals surface area contributed by atoms with Crippen LogP contribution in [0.25, 0.3) is 5.57 Å². The fourth-order valence-electron chi connectivity index (χ4n) is 1.70. The van der Waals surface area contributed by atoms with Gasteiger partial charge in [-0.25, -0.2) is 4.79 Å². The number of nitrogens with one attached hydrogen (secondary N) is 1. The Bertz CT molecular complexity index is 474. The largest absolute Gasteiger partial charge is 0.508 e. The van der Waals surface area contributed by atoms with E-state index in [0.29, 0.717) is 12.1 Å². The van der Waals surface area contributed by atoms with Crippen LogP contribution in [0.4, 0.5) is 0 Å². The fourth-order valence-corrected chi connectivity index (χ4v) is 1.70. The van der Waals surface area contributed by atoms with Gasteiger partial charge < -0.3 is 20.3 Å². The summed E-state index contributed by atoms with van der Waals surface area (Å²) >= 11 is 0. The Balaban J connectivity index is 3.48. The fraction of sp³-hybridized carbons (Fsp3) is 0.308. The maximum atomic E-state index is 11.8. The van der Waals surface area contributed by atoms with E-state index in [9.17, 15) is 15.0 Å². The summed E-state index contributed by atoms with van der Waals surface area (Å²) in [5, 5.41) is 22.2. The third-order valence-corrected chi connectivity index (χ3v) is 2.60. The molecule has 0 bridgehead atoms. The molecule has 0 fully saturated rings. The quantitative estimate of drug-likeness (QED) is 0.430. The lowest BCUT2D eigenvalue weighted by Gasteiger charge is -2.14. The minimum Gasteiger partial charge on any atom is -0.508 e. The number of carbonyl (C=O) groups is 1. The van der Waals surface area contributed by atoms with Gasteiger partial charge in [-0.15, -0.1) is 0 Å². The SMILES string of the molecule is CC/C(NC)=C(/C(=O)OC)c1cc(O)ccc1O. The molecule has 0 unspecified atom stereocenters. The van der Waals surface area contributed by atoms with Crippen molar-refractivity contribution in [1.29, 1.82) is 0 Å². The van der Waals surface area contributed by atoms with Crippen molar-refractivity contribution in [3.05, 3.63) is 29.5 Å². The van der Waals surface area contributed by atoms with E-state index in [2.05, 4.69) is 5.32 Å². The van der Waals surface area contributed by atoms with Crippen molar-refractivity contribution < 1.29 is 19.7 Å². The number of methoxy groups -OCH3 is 1. The molecule has 0 amide bonds. The van der Waals surface area contributed by atoms with Gasteiger partial charge in [0.1, 0.15) is 11.5 Å². The molecule has 0 aliphatic heterocycles. The Hall–Kier alpha value is -2.17. The zero-order valence-electron chi connectivity index (χ0n) is 10.7.